The van der Waals surface area contributed by atoms with Gasteiger partial charge in [-0.05, 0) is 55.7 Å². The van der Waals surface area contributed by atoms with E-state index in [4.69, 9.17) is 11.6 Å². The van der Waals surface area contributed by atoms with E-state index in [0.29, 0.717) is 0 Å². The Morgan fingerprint density at radius 3 is 2.57 bits per heavy atom. The van der Waals surface area contributed by atoms with Crippen LogP contribution in [0, 0.1) is 5.92 Å². The van der Waals surface area contributed by atoms with Crippen molar-refractivity contribution in [1.82, 2.24) is 5.32 Å². The molecule has 1 N–H and O–H groups in total. The fourth-order valence-corrected chi connectivity index (χ4v) is 3.04. The van der Waals surface area contributed by atoms with Gasteiger partial charge in [0.2, 0.25) is 0 Å². The smallest absolute Gasteiger partial charge is 0.0642 e. The fourth-order valence-electron chi connectivity index (χ4n) is 2.73. The average Bonchev–Trinajstić information content (AvgIpc) is 3.32. The Labute approximate surface area is 133 Å². The van der Waals surface area contributed by atoms with E-state index in [1.807, 2.05) is 0 Å². The van der Waals surface area contributed by atoms with Crippen LogP contribution in [0.15, 0.2) is 18.2 Å². The van der Waals surface area contributed by atoms with Gasteiger partial charge in [-0.1, -0.05) is 31.5 Å². The number of hydrogen-bond acceptors (Lipinski definition) is 2. The van der Waals surface area contributed by atoms with Crippen LogP contribution in [0.3, 0.4) is 0 Å². The SMILES string of the molecule is CC(C)CCN(c1ccc(CNC2CC2)cc1Cl)C1CC1. The predicted molar refractivity (Wildman–Crippen MR) is 91.1 cm³/mol. The number of anilines is 1. The maximum absolute atomic E-state index is 6.57. The van der Waals surface area contributed by atoms with E-state index >= 15 is 0 Å². The number of hydrogen-bond donors (Lipinski definition) is 1. The largest absolute Gasteiger partial charge is 0.367 e. The molecular formula is C18H27ClN2. The van der Waals surface area contributed by atoms with Gasteiger partial charge in [0.25, 0.3) is 0 Å². The minimum atomic E-state index is 0.719. The van der Waals surface area contributed by atoms with Crippen LogP contribution in [-0.4, -0.2) is 18.6 Å². The Morgan fingerprint density at radius 2 is 2.00 bits per heavy atom. The van der Waals surface area contributed by atoms with Crippen molar-refractivity contribution in [2.75, 3.05) is 11.4 Å². The lowest BCUT2D eigenvalue weighted by molar-refractivity contribution is 0.571. The Balaban J connectivity index is 1.66. The molecule has 2 nitrogen and oxygen atoms in total. The molecule has 2 fully saturated rings. The van der Waals surface area contributed by atoms with Crippen LogP contribution in [0.4, 0.5) is 5.69 Å². The first-order valence-electron chi connectivity index (χ1n) is 8.42. The molecule has 1 aromatic carbocycles. The zero-order chi connectivity index (χ0) is 14.8. The van der Waals surface area contributed by atoms with Gasteiger partial charge < -0.3 is 10.2 Å². The Bertz CT molecular complexity index is 478. The van der Waals surface area contributed by atoms with Crippen LogP contribution >= 0.6 is 11.6 Å². The second-order valence-corrected chi connectivity index (χ2v) is 7.46. The Hall–Kier alpha value is -0.730. The summed E-state index contributed by atoms with van der Waals surface area (Å²) in [6.45, 7) is 6.65. The van der Waals surface area contributed by atoms with Crippen LogP contribution in [0.25, 0.3) is 0 Å². The van der Waals surface area contributed by atoms with Crippen molar-refractivity contribution in [3.8, 4) is 0 Å². The summed E-state index contributed by atoms with van der Waals surface area (Å²) in [5.41, 5.74) is 2.53. The molecule has 0 saturated heterocycles. The van der Waals surface area contributed by atoms with Gasteiger partial charge in [-0.15, -0.1) is 0 Å². The lowest BCUT2D eigenvalue weighted by Gasteiger charge is -2.27. The van der Waals surface area contributed by atoms with E-state index in [-0.39, 0.29) is 0 Å². The highest BCUT2D eigenvalue weighted by molar-refractivity contribution is 6.33. The van der Waals surface area contributed by atoms with E-state index < -0.39 is 0 Å². The van der Waals surface area contributed by atoms with Crippen LogP contribution in [-0.2, 0) is 6.54 Å². The molecule has 3 rings (SSSR count). The minimum Gasteiger partial charge on any atom is -0.367 e. The van der Waals surface area contributed by atoms with Crippen LogP contribution in [0.5, 0.6) is 0 Å². The summed E-state index contributed by atoms with van der Waals surface area (Å²) < 4.78 is 0. The second-order valence-electron chi connectivity index (χ2n) is 7.05. The van der Waals surface area contributed by atoms with Gasteiger partial charge in [-0.3, -0.25) is 0 Å². The van der Waals surface area contributed by atoms with Crippen LogP contribution in [0.1, 0.15) is 51.5 Å². The van der Waals surface area contributed by atoms with E-state index in [9.17, 15) is 0 Å². The molecule has 2 saturated carbocycles. The number of halogens is 1. The van der Waals surface area contributed by atoms with Gasteiger partial charge in [-0.2, -0.15) is 0 Å². The van der Waals surface area contributed by atoms with Crippen molar-refractivity contribution in [1.29, 1.82) is 0 Å². The Morgan fingerprint density at radius 1 is 1.24 bits per heavy atom. The molecular weight excluding hydrogens is 280 g/mol. The number of benzene rings is 1. The molecule has 3 heteroatoms. The third-order valence-corrected chi connectivity index (χ3v) is 4.73. The molecule has 0 aliphatic heterocycles. The number of rotatable bonds is 8. The zero-order valence-electron chi connectivity index (χ0n) is 13.2. The number of nitrogens with one attached hydrogen (secondary N) is 1. The minimum absolute atomic E-state index is 0.719. The highest BCUT2D eigenvalue weighted by Gasteiger charge is 2.30. The molecule has 2 aliphatic carbocycles. The van der Waals surface area contributed by atoms with Crippen molar-refractivity contribution in [3.05, 3.63) is 28.8 Å². The molecule has 0 aromatic heterocycles. The third kappa shape index (κ3) is 4.37. The lowest BCUT2D eigenvalue weighted by Crippen LogP contribution is -2.28. The number of nitrogens with zero attached hydrogens (tertiary/aromatic N) is 1. The molecule has 0 radical (unpaired) electrons. The van der Waals surface area contributed by atoms with Gasteiger partial charge in [0.15, 0.2) is 0 Å². The van der Waals surface area contributed by atoms with Crippen LogP contribution in [0.2, 0.25) is 5.02 Å². The quantitative estimate of drug-likeness (QED) is 0.754. The van der Waals surface area contributed by atoms with Gasteiger partial charge in [-0.25, -0.2) is 0 Å². The molecule has 0 spiro atoms. The van der Waals surface area contributed by atoms with E-state index in [0.717, 1.165) is 36.1 Å². The Kier molecular flexibility index (Phi) is 4.75. The van der Waals surface area contributed by atoms with E-state index in [1.54, 1.807) is 0 Å². The summed E-state index contributed by atoms with van der Waals surface area (Å²) in [5.74, 6) is 0.743. The molecule has 116 valence electrons. The predicted octanol–water partition coefficient (Wildman–Crippen LogP) is 4.61. The lowest BCUT2D eigenvalue weighted by atomic mass is 10.1. The summed E-state index contributed by atoms with van der Waals surface area (Å²) in [7, 11) is 0. The van der Waals surface area contributed by atoms with Crippen molar-refractivity contribution in [2.24, 2.45) is 5.92 Å². The monoisotopic (exact) mass is 306 g/mol. The molecule has 0 amide bonds. The third-order valence-electron chi connectivity index (χ3n) is 4.43. The summed E-state index contributed by atoms with van der Waals surface area (Å²) in [6.07, 6.45) is 6.53. The first-order chi connectivity index (χ1) is 10.1. The van der Waals surface area contributed by atoms with Crippen molar-refractivity contribution in [3.63, 3.8) is 0 Å². The normalized spacial score (nSPS) is 18.3. The van der Waals surface area contributed by atoms with Crippen molar-refractivity contribution in [2.45, 2.75) is 64.6 Å². The maximum Gasteiger partial charge on any atom is 0.0642 e. The summed E-state index contributed by atoms with van der Waals surface area (Å²) in [5, 5.41) is 4.47. The van der Waals surface area contributed by atoms with E-state index in [2.05, 4.69) is 42.3 Å². The van der Waals surface area contributed by atoms with Crippen molar-refractivity contribution < 1.29 is 0 Å². The second kappa shape index (κ2) is 6.58. The fraction of sp³-hybridized carbons (Fsp3) is 0.667. The molecule has 2 aliphatic rings. The molecule has 0 unspecified atom stereocenters. The highest BCUT2D eigenvalue weighted by Crippen LogP contribution is 2.36. The summed E-state index contributed by atoms with van der Waals surface area (Å²) in [6, 6.07) is 8.08. The zero-order valence-corrected chi connectivity index (χ0v) is 14.0. The van der Waals surface area contributed by atoms with Gasteiger partial charge >= 0.3 is 0 Å². The summed E-state index contributed by atoms with van der Waals surface area (Å²) in [4.78, 5) is 2.53. The molecule has 0 bridgehead atoms. The van der Waals surface area contributed by atoms with E-state index in [1.165, 1.54) is 43.4 Å². The molecule has 0 heterocycles. The van der Waals surface area contributed by atoms with Crippen LogP contribution < -0.4 is 10.2 Å². The van der Waals surface area contributed by atoms with Crippen molar-refractivity contribution >= 4 is 17.3 Å². The highest BCUT2D eigenvalue weighted by atomic mass is 35.5. The van der Waals surface area contributed by atoms with Gasteiger partial charge in [0.05, 0.1) is 10.7 Å². The first kappa shape index (κ1) is 15.2. The molecule has 21 heavy (non-hydrogen) atoms. The maximum atomic E-state index is 6.57. The average molecular weight is 307 g/mol. The first-order valence-corrected chi connectivity index (χ1v) is 8.79. The topological polar surface area (TPSA) is 15.3 Å². The van der Waals surface area contributed by atoms with Gasteiger partial charge in [0.1, 0.15) is 0 Å². The standard InChI is InChI=1S/C18H27ClN2/c1-13(2)9-10-21(16-6-7-16)18-8-3-14(11-17(18)19)12-20-15-4-5-15/h3,8,11,13,15-16,20H,4-7,9-10,12H2,1-2H3. The van der Waals surface area contributed by atoms with Gasteiger partial charge in [0, 0.05) is 25.2 Å². The molecule has 1 aromatic rings. The summed E-state index contributed by atoms with van der Waals surface area (Å²) >= 11 is 6.57. The molecule has 0 atom stereocenters.